The Hall–Kier alpha value is -4.98. The van der Waals surface area contributed by atoms with Crippen LogP contribution < -0.4 is 15.3 Å². The first-order valence-electron chi connectivity index (χ1n) is 13.8. The molecule has 1 atom stereocenters. The monoisotopic (exact) mass is 567 g/mol. The summed E-state index contributed by atoms with van der Waals surface area (Å²) in [5, 5.41) is 20.4. The molecular weight excluding hydrogens is 534 g/mol. The largest absolute Gasteiger partial charge is 0.496 e. The molecule has 5 rings (SSSR count). The first-order valence-corrected chi connectivity index (χ1v) is 13.8. The smallest absolute Gasteiger partial charge is 0.407 e. The van der Waals surface area contributed by atoms with Gasteiger partial charge in [0.1, 0.15) is 17.6 Å². The number of amides is 1. The Balaban J connectivity index is 1.89. The second kappa shape index (κ2) is 11.1. The fourth-order valence-electron chi connectivity index (χ4n) is 5.68. The van der Waals surface area contributed by atoms with Crippen LogP contribution >= 0.6 is 0 Å². The predicted octanol–water partition coefficient (Wildman–Crippen LogP) is 4.65. The molecule has 0 bridgehead atoms. The van der Waals surface area contributed by atoms with Gasteiger partial charge in [-0.05, 0) is 56.0 Å². The van der Waals surface area contributed by atoms with E-state index in [1.165, 1.54) is 9.47 Å². The first kappa shape index (κ1) is 28.5. The number of methoxy groups -OCH3 is 1. The van der Waals surface area contributed by atoms with Crippen molar-refractivity contribution < 1.29 is 14.6 Å². The lowest BCUT2D eigenvalue weighted by Gasteiger charge is -2.39. The number of anilines is 1. The maximum absolute atomic E-state index is 14.0. The summed E-state index contributed by atoms with van der Waals surface area (Å²) in [6.07, 6.45) is 0.727. The zero-order valence-corrected chi connectivity index (χ0v) is 24.5. The molecule has 4 aromatic rings. The summed E-state index contributed by atoms with van der Waals surface area (Å²) in [6, 6.07) is 11.2. The minimum Gasteiger partial charge on any atom is -0.496 e. The fraction of sp³-hybridized carbons (Fsp3) is 0.355. The third-order valence-corrected chi connectivity index (χ3v) is 7.73. The van der Waals surface area contributed by atoms with Gasteiger partial charge in [0.2, 0.25) is 0 Å². The van der Waals surface area contributed by atoms with Gasteiger partial charge in [-0.25, -0.2) is 19.1 Å². The zero-order valence-electron chi connectivity index (χ0n) is 24.5. The second-order valence-corrected chi connectivity index (χ2v) is 10.9. The molecule has 0 radical (unpaired) electrons. The topological polar surface area (TPSA) is 137 Å². The number of piperazine rings is 1. The average Bonchev–Trinajstić information content (AvgIpc) is 2.96. The standard InChI is InChI=1S/C31H33N7O4/c1-17(2)24-26(18(3)10-11-33-24)38-29-23(28(35-30(38)39)37-13-12-36(31(40)41)16-20(37)5)14-21(15-32)25(34-29)22-9-7-8-19(4)27(22)42-6/h7-11,14,17,20H,12-13,16H2,1-6H3,(H,40,41)/t20-/m0/s1. The number of rotatable bonds is 5. The molecule has 1 amide bonds. The number of aryl methyl sites for hydroxylation is 2. The molecule has 216 valence electrons. The van der Waals surface area contributed by atoms with Crippen molar-refractivity contribution >= 4 is 22.9 Å². The highest BCUT2D eigenvalue weighted by molar-refractivity contribution is 5.93. The van der Waals surface area contributed by atoms with Crippen molar-refractivity contribution in [2.75, 3.05) is 31.6 Å². The number of hydrogen-bond acceptors (Lipinski definition) is 8. The highest BCUT2D eigenvalue weighted by Crippen LogP contribution is 2.37. The molecule has 11 heteroatoms. The van der Waals surface area contributed by atoms with E-state index in [4.69, 9.17) is 9.72 Å². The van der Waals surface area contributed by atoms with Crippen LogP contribution in [0, 0.1) is 25.2 Å². The third kappa shape index (κ3) is 4.79. The van der Waals surface area contributed by atoms with Crippen LogP contribution in [0.15, 0.2) is 41.3 Å². The van der Waals surface area contributed by atoms with E-state index in [0.717, 1.165) is 16.8 Å². The normalized spacial score (nSPS) is 15.2. The van der Waals surface area contributed by atoms with Gasteiger partial charge in [0.25, 0.3) is 0 Å². The van der Waals surface area contributed by atoms with E-state index in [1.807, 2.05) is 63.8 Å². The Bertz CT molecular complexity index is 1810. The lowest BCUT2D eigenvalue weighted by atomic mass is 10.0. The molecular formula is C31H33N7O4. The maximum Gasteiger partial charge on any atom is 0.407 e. The van der Waals surface area contributed by atoms with Crippen molar-refractivity contribution in [2.24, 2.45) is 0 Å². The lowest BCUT2D eigenvalue weighted by Crippen LogP contribution is -2.54. The average molecular weight is 568 g/mol. The number of carbonyl (C=O) groups is 1. The van der Waals surface area contributed by atoms with Crippen LogP contribution in [-0.2, 0) is 0 Å². The SMILES string of the molecule is COc1c(C)cccc1-c1nc2c(cc1C#N)c(N1CCN(C(=O)O)C[C@@H]1C)nc(=O)n2-c1c(C)ccnc1C(C)C. The van der Waals surface area contributed by atoms with E-state index in [1.54, 1.807) is 19.4 Å². The van der Waals surface area contributed by atoms with Crippen molar-refractivity contribution in [3.05, 3.63) is 69.4 Å². The second-order valence-electron chi connectivity index (χ2n) is 10.9. The highest BCUT2D eigenvalue weighted by Gasteiger charge is 2.31. The van der Waals surface area contributed by atoms with Crippen LogP contribution in [-0.4, -0.2) is 68.4 Å². The van der Waals surface area contributed by atoms with Crippen molar-refractivity contribution in [3.63, 3.8) is 0 Å². The molecule has 1 fully saturated rings. The Morgan fingerprint density at radius 3 is 2.57 bits per heavy atom. The molecule has 1 saturated heterocycles. The summed E-state index contributed by atoms with van der Waals surface area (Å²) in [4.78, 5) is 43.1. The molecule has 1 aromatic carbocycles. The summed E-state index contributed by atoms with van der Waals surface area (Å²) in [5.74, 6) is 0.950. The van der Waals surface area contributed by atoms with Gasteiger partial charge < -0.3 is 19.6 Å². The van der Waals surface area contributed by atoms with Gasteiger partial charge in [-0.2, -0.15) is 10.2 Å². The maximum atomic E-state index is 14.0. The van der Waals surface area contributed by atoms with Crippen molar-refractivity contribution in [1.29, 1.82) is 5.26 Å². The zero-order chi connectivity index (χ0) is 30.3. The number of pyridine rings is 2. The summed E-state index contributed by atoms with van der Waals surface area (Å²) >= 11 is 0. The molecule has 0 spiro atoms. The number of fused-ring (bicyclic) bond motifs is 1. The summed E-state index contributed by atoms with van der Waals surface area (Å²) < 4.78 is 7.20. The molecule has 1 N–H and O–H groups in total. The predicted molar refractivity (Wildman–Crippen MR) is 160 cm³/mol. The molecule has 4 heterocycles. The first-order chi connectivity index (χ1) is 20.1. The molecule has 0 unspecified atom stereocenters. The van der Waals surface area contributed by atoms with Gasteiger partial charge in [-0.3, -0.25) is 4.98 Å². The molecule has 1 aliphatic heterocycles. The van der Waals surface area contributed by atoms with Gasteiger partial charge >= 0.3 is 11.8 Å². The van der Waals surface area contributed by atoms with Gasteiger partial charge in [0.05, 0.1) is 35.1 Å². The molecule has 0 saturated carbocycles. The number of benzene rings is 1. The number of aromatic nitrogens is 4. The van der Waals surface area contributed by atoms with Crippen molar-refractivity contribution in [1.82, 2.24) is 24.4 Å². The summed E-state index contributed by atoms with van der Waals surface area (Å²) in [6.45, 7) is 10.6. The van der Waals surface area contributed by atoms with Crippen LogP contribution in [0.1, 0.15) is 49.1 Å². The van der Waals surface area contributed by atoms with Crippen LogP contribution in [0.3, 0.4) is 0 Å². The highest BCUT2D eigenvalue weighted by atomic mass is 16.5. The Morgan fingerprint density at radius 1 is 1.17 bits per heavy atom. The molecule has 3 aromatic heterocycles. The van der Waals surface area contributed by atoms with Crippen LogP contribution in [0.4, 0.5) is 10.6 Å². The van der Waals surface area contributed by atoms with Crippen LogP contribution in [0.2, 0.25) is 0 Å². The number of ether oxygens (including phenoxy) is 1. The van der Waals surface area contributed by atoms with E-state index < -0.39 is 11.8 Å². The fourth-order valence-corrected chi connectivity index (χ4v) is 5.68. The van der Waals surface area contributed by atoms with Gasteiger partial charge in [0, 0.05) is 37.4 Å². The molecule has 1 aliphatic rings. The van der Waals surface area contributed by atoms with E-state index in [0.29, 0.717) is 51.7 Å². The van der Waals surface area contributed by atoms with E-state index >= 15 is 0 Å². The van der Waals surface area contributed by atoms with Gasteiger partial charge in [-0.15, -0.1) is 0 Å². The van der Waals surface area contributed by atoms with Crippen LogP contribution in [0.5, 0.6) is 5.75 Å². The van der Waals surface area contributed by atoms with Crippen LogP contribution in [0.25, 0.3) is 28.0 Å². The Morgan fingerprint density at radius 2 is 1.93 bits per heavy atom. The van der Waals surface area contributed by atoms with Crippen molar-refractivity contribution in [3.8, 4) is 28.8 Å². The van der Waals surface area contributed by atoms with E-state index in [2.05, 4.69) is 16.0 Å². The summed E-state index contributed by atoms with van der Waals surface area (Å²) in [5.41, 5.74) is 4.12. The number of hydrogen-bond donors (Lipinski definition) is 1. The Labute approximate surface area is 243 Å². The van der Waals surface area contributed by atoms with Gasteiger partial charge in [-0.1, -0.05) is 26.0 Å². The number of para-hydroxylation sites is 1. The van der Waals surface area contributed by atoms with E-state index in [-0.39, 0.29) is 25.0 Å². The number of carboxylic acid groups (broad SMARTS) is 1. The number of nitrogens with zero attached hydrogens (tertiary/aromatic N) is 7. The van der Waals surface area contributed by atoms with Gasteiger partial charge in [0.15, 0.2) is 5.65 Å². The minimum absolute atomic E-state index is 0.000337. The lowest BCUT2D eigenvalue weighted by molar-refractivity contribution is 0.136. The van der Waals surface area contributed by atoms with E-state index in [9.17, 15) is 20.0 Å². The van der Waals surface area contributed by atoms with Crippen molar-refractivity contribution in [2.45, 2.75) is 46.6 Å². The summed E-state index contributed by atoms with van der Waals surface area (Å²) in [7, 11) is 1.57. The Kier molecular flexibility index (Phi) is 7.56. The minimum atomic E-state index is -0.992. The molecule has 0 aliphatic carbocycles. The third-order valence-electron chi connectivity index (χ3n) is 7.73. The molecule has 42 heavy (non-hydrogen) atoms. The molecule has 11 nitrogen and oxygen atoms in total. The quantitative estimate of drug-likeness (QED) is 0.365. The number of nitriles is 1.